The number of aliphatic hydroxyl groups excluding tert-OH is 1. The van der Waals surface area contributed by atoms with E-state index in [1.54, 1.807) is 33.1 Å². The van der Waals surface area contributed by atoms with Crippen molar-refractivity contribution in [1.82, 2.24) is 10.0 Å². The molecule has 174 valence electrons. The van der Waals surface area contributed by atoms with Crippen LogP contribution in [-0.4, -0.2) is 52.1 Å². The minimum absolute atomic E-state index is 0.0562. The monoisotopic (exact) mass is 454 g/mol. The molecule has 0 aliphatic heterocycles. The minimum atomic E-state index is -1.00. The summed E-state index contributed by atoms with van der Waals surface area (Å²) < 4.78 is 10.4. The smallest absolute Gasteiger partial charge is 0.434 e. The molecule has 0 aliphatic rings. The Balaban J connectivity index is 3.01. The number of aromatic nitrogens is 1. The van der Waals surface area contributed by atoms with E-state index in [1.807, 2.05) is 13.8 Å². The van der Waals surface area contributed by atoms with E-state index < -0.39 is 29.8 Å². The number of carbonyl (C=O) groups is 2. The second-order valence-corrected chi connectivity index (χ2v) is 9.19. The zero-order valence-electron chi connectivity index (χ0n) is 19.2. The highest BCUT2D eigenvalue weighted by Crippen LogP contribution is 2.28. The first-order valence-electron chi connectivity index (χ1n) is 10.4. The molecule has 0 saturated heterocycles. The first-order valence-corrected chi connectivity index (χ1v) is 11.3. The Morgan fingerprint density at radius 2 is 2.03 bits per heavy atom. The number of carbonyl (C=O) groups excluding carboxylic acids is 2. The number of amides is 1. The molecule has 8 nitrogen and oxygen atoms in total. The Morgan fingerprint density at radius 1 is 1.35 bits per heavy atom. The van der Waals surface area contributed by atoms with Crippen molar-refractivity contribution in [3.8, 4) is 12.3 Å². The number of nitrogens with zero attached hydrogens (tertiary/aromatic N) is 2. The van der Waals surface area contributed by atoms with Gasteiger partial charge in [-0.05, 0) is 40.0 Å². The SMILES string of the molecule is C#CCCCON(C(=O)OC(C)(C)C)[C@H](C[C@H](O)c1nc(C(=O)OCC)cs1)C(C)C. The molecule has 0 saturated carbocycles. The number of terminal acetylenes is 1. The number of hydroxylamine groups is 2. The van der Waals surface area contributed by atoms with Crippen LogP contribution in [0.3, 0.4) is 0 Å². The number of hydrogen-bond donors (Lipinski definition) is 1. The molecule has 0 radical (unpaired) electrons. The quantitative estimate of drug-likeness (QED) is 0.230. The van der Waals surface area contributed by atoms with Gasteiger partial charge in [-0.3, -0.25) is 4.84 Å². The summed E-state index contributed by atoms with van der Waals surface area (Å²) in [5.74, 6) is 1.94. The lowest BCUT2D eigenvalue weighted by Gasteiger charge is -2.35. The molecule has 9 heteroatoms. The highest BCUT2D eigenvalue weighted by atomic mass is 32.1. The maximum absolute atomic E-state index is 12.8. The van der Waals surface area contributed by atoms with Gasteiger partial charge >= 0.3 is 12.1 Å². The van der Waals surface area contributed by atoms with Gasteiger partial charge in [0.05, 0.1) is 19.3 Å². The van der Waals surface area contributed by atoms with Gasteiger partial charge in [0.1, 0.15) is 16.7 Å². The van der Waals surface area contributed by atoms with Crippen molar-refractivity contribution in [2.45, 2.75) is 78.6 Å². The molecule has 31 heavy (non-hydrogen) atoms. The van der Waals surface area contributed by atoms with Crippen molar-refractivity contribution >= 4 is 23.4 Å². The predicted molar refractivity (Wildman–Crippen MR) is 118 cm³/mol. The van der Waals surface area contributed by atoms with Gasteiger partial charge in [-0.15, -0.1) is 23.7 Å². The maximum atomic E-state index is 12.8. The summed E-state index contributed by atoms with van der Waals surface area (Å²) in [6.07, 6.45) is 4.91. The molecule has 1 amide bonds. The number of hydrogen-bond acceptors (Lipinski definition) is 8. The Morgan fingerprint density at radius 3 is 2.58 bits per heavy atom. The molecular weight excluding hydrogens is 420 g/mol. The van der Waals surface area contributed by atoms with Gasteiger partial charge in [0.25, 0.3) is 0 Å². The number of esters is 1. The zero-order chi connectivity index (χ0) is 23.6. The third-order valence-corrected chi connectivity index (χ3v) is 5.04. The number of rotatable bonds is 11. The largest absolute Gasteiger partial charge is 0.461 e. The fourth-order valence-electron chi connectivity index (χ4n) is 2.64. The van der Waals surface area contributed by atoms with E-state index in [-0.39, 0.29) is 31.2 Å². The number of thiazole rings is 1. The molecule has 1 heterocycles. The molecule has 0 bridgehead atoms. The summed E-state index contributed by atoms with van der Waals surface area (Å²) >= 11 is 1.16. The third-order valence-electron chi connectivity index (χ3n) is 4.10. The van der Waals surface area contributed by atoms with Crippen LogP contribution in [0.4, 0.5) is 4.79 Å². The van der Waals surface area contributed by atoms with E-state index in [2.05, 4.69) is 10.9 Å². The van der Waals surface area contributed by atoms with Crippen LogP contribution in [-0.2, 0) is 14.3 Å². The molecular formula is C22H34N2O6S. The van der Waals surface area contributed by atoms with E-state index in [1.165, 1.54) is 5.06 Å². The van der Waals surface area contributed by atoms with Crippen molar-refractivity contribution in [2.24, 2.45) is 5.92 Å². The lowest BCUT2D eigenvalue weighted by atomic mass is 9.98. The van der Waals surface area contributed by atoms with Crippen LogP contribution in [0.15, 0.2) is 5.38 Å². The normalized spacial score (nSPS) is 13.4. The predicted octanol–water partition coefficient (Wildman–Crippen LogP) is 4.35. The highest BCUT2D eigenvalue weighted by Gasteiger charge is 2.34. The van der Waals surface area contributed by atoms with Gasteiger partial charge in [-0.2, -0.15) is 5.06 Å². The Kier molecular flexibility index (Phi) is 11.0. The fraction of sp³-hybridized carbons (Fsp3) is 0.682. The third kappa shape index (κ3) is 9.25. The highest BCUT2D eigenvalue weighted by molar-refractivity contribution is 7.09. The van der Waals surface area contributed by atoms with E-state index in [0.717, 1.165) is 11.3 Å². The summed E-state index contributed by atoms with van der Waals surface area (Å²) in [5.41, 5.74) is -0.557. The van der Waals surface area contributed by atoms with Crippen LogP contribution in [0.1, 0.15) is 82.4 Å². The summed E-state index contributed by atoms with van der Waals surface area (Å²) in [6.45, 7) is 11.4. The molecule has 0 spiro atoms. The molecule has 0 aromatic carbocycles. The first-order chi connectivity index (χ1) is 14.5. The van der Waals surface area contributed by atoms with Gasteiger partial charge in [0.15, 0.2) is 5.69 Å². The average molecular weight is 455 g/mol. The van der Waals surface area contributed by atoms with Crippen molar-refractivity contribution < 1.29 is 29.0 Å². The number of ether oxygens (including phenoxy) is 2. The van der Waals surface area contributed by atoms with Crippen LogP contribution in [0, 0.1) is 18.3 Å². The van der Waals surface area contributed by atoms with E-state index in [0.29, 0.717) is 17.8 Å². The lowest BCUT2D eigenvalue weighted by molar-refractivity contribution is -0.184. The van der Waals surface area contributed by atoms with Gasteiger partial charge in [0, 0.05) is 18.2 Å². The topological polar surface area (TPSA) is 98.2 Å². The van der Waals surface area contributed by atoms with Crippen LogP contribution in [0.5, 0.6) is 0 Å². The van der Waals surface area contributed by atoms with Crippen LogP contribution < -0.4 is 0 Å². The van der Waals surface area contributed by atoms with E-state index >= 15 is 0 Å². The second-order valence-electron chi connectivity index (χ2n) is 8.30. The van der Waals surface area contributed by atoms with Gasteiger partial charge in [0.2, 0.25) is 0 Å². The maximum Gasteiger partial charge on any atom is 0.434 e. The lowest BCUT2D eigenvalue weighted by Crippen LogP contribution is -2.46. The Hall–Kier alpha value is -2.15. The molecule has 2 atom stereocenters. The van der Waals surface area contributed by atoms with Crippen LogP contribution in [0.25, 0.3) is 0 Å². The van der Waals surface area contributed by atoms with Gasteiger partial charge < -0.3 is 14.6 Å². The second kappa shape index (κ2) is 12.6. The fourth-order valence-corrected chi connectivity index (χ4v) is 3.42. The summed E-state index contributed by atoms with van der Waals surface area (Å²) in [6, 6.07) is -0.495. The van der Waals surface area contributed by atoms with E-state index in [4.69, 9.17) is 20.7 Å². The molecule has 1 N–H and O–H groups in total. The van der Waals surface area contributed by atoms with Crippen molar-refractivity contribution in [1.29, 1.82) is 0 Å². The molecule has 1 rings (SSSR count). The molecule has 1 aromatic rings. The first kappa shape index (κ1) is 26.9. The van der Waals surface area contributed by atoms with Crippen LogP contribution >= 0.6 is 11.3 Å². The minimum Gasteiger partial charge on any atom is -0.461 e. The number of unbranched alkanes of at least 4 members (excludes halogenated alkanes) is 1. The van der Waals surface area contributed by atoms with Crippen molar-refractivity contribution in [3.63, 3.8) is 0 Å². The Labute approximate surface area is 188 Å². The van der Waals surface area contributed by atoms with E-state index in [9.17, 15) is 14.7 Å². The summed E-state index contributed by atoms with van der Waals surface area (Å²) in [7, 11) is 0. The average Bonchev–Trinajstić information content (AvgIpc) is 3.15. The Bertz CT molecular complexity index is 750. The molecule has 0 aliphatic carbocycles. The van der Waals surface area contributed by atoms with Crippen molar-refractivity contribution in [2.75, 3.05) is 13.2 Å². The molecule has 1 aromatic heterocycles. The summed E-state index contributed by atoms with van der Waals surface area (Å²) in [4.78, 5) is 34.6. The summed E-state index contributed by atoms with van der Waals surface area (Å²) in [5, 5.41) is 13.9. The molecule has 0 unspecified atom stereocenters. The number of aliphatic hydroxyl groups is 1. The zero-order valence-corrected chi connectivity index (χ0v) is 20.0. The molecule has 0 fully saturated rings. The van der Waals surface area contributed by atoms with Crippen LogP contribution in [0.2, 0.25) is 0 Å². The van der Waals surface area contributed by atoms with Crippen molar-refractivity contribution in [3.05, 3.63) is 16.1 Å². The van der Waals surface area contributed by atoms with Gasteiger partial charge in [-0.25, -0.2) is 14.6 Å². The standard InChI is InChI=1S/C22H34N2O6S/c1-8-10-11-12-29-24(21(27)30-22(5,6)7)17(15(3)4)13-18(25)19-23-16(14-31-19)20(26)28-9-2/h1,14-15,17-18,25H,9-13H2,2-7H3/t17-,18+/m1/s1. The van der Waals surface area contributed by atoms with Gasteiger partial charge in [-0.1, -0.05) is 13.8 Å².